The van der Waals surface area contributed by atoms with Crippen LogP contribution < -0.4 is 5.32 Å². The molecule has 2 N–H and O–H groups in total. The van der Waals surface area contributed by atoms with Crippen LogP contribution in [0.3, 0.4) is 0 Å². The molecule has 0 amide bonds. The lowest BCUT2D eigenvalue weighted by Crippen LogP contribution is -2.00. The Morgan fingerprint density at radius 3 is 3.00 bits per heavy atom. The van der Waals surface area contributed by atoms with Gasteiger partial charge in [0.1, 0.15) is 5.82 Å². The van der Waals surface area contributed by atoms with Gasteiger partial charge in [0.05, 0.1) is 12.1 Å². The number of nitrogens with zero attached hydrogens (tertiary/aromatic N) is 1. The highest BCUT2D eigenvalue weighted by Crippen LogP contribution is 2.24. The van der Waals surface area contributed by atoms with Crippen molar-refractivity contribution in [1.29, 1.82) is 0 Å². The maximum atomic E-state index is 12.9. The lowest BCUT2D eigenvalue weighted by Gasteiger charge is -2.06. The van der Waals surface area contributed by atoms with Crippen molar-refractivity contribution < 1.29 is 14.3 Å². The van der Waals surface area contributed by atoms with Gasteiger partial charge in [0.15, 0.2) is 5.13 Å². The second-order valence-corrected chi connectivity index (χ2v) is 4.66. The molecule has 94 valence electrons. The Bertz CT molecular complexity index is 583. The number of carboxylic acids is 1. The maximum absolute atomic E-state index is 12.9. The van der Waals surface area contributed by atoms with Crippen LogP contribution in [-0.4, -0.2) is 16.1 Å². The van der Waals surface area contributed by atoms with E-state index in [1.165, 1.54) is 23.5 Å². The number of aliphatic carboxylic acids is 1. The molecule has 2 rings (SSSR count). The van der Waals surface area contributed by atoms with Gasteiger partial charge in [-0.25, -0.2) is 9.37 Å². The van der Waals surface area contributed by atoms with Crippen LogP contribution in [0.4, 0.5) is 15.2 Å². The molecule has 0 unspecified atom stereocenters. The van der Waals surface area contributed by atoms with Crippen LogP contribution in [0.25, 0.3) is 0 Å². The van der Waals surface area contributed by atoms with Gasteiger partial charge in [-0.1, -0.05) is 0 Å². The van der Waals surface area contributed by atoms with E-state index in [0.29, 0.717) is 10.8 Å². The number of aryl methyl sites for hydroxylation is 1. The van der Waals surface area contributed by atoms with Crippen molar-refractivity contribution in [3.63, 3.8) is 0 Å². The van der Waals surface area contributed by atoms with Gasteiger partial charge >= 0.3 is 5.97 Å². The summed E-state index contributed by atoms with van der Waals surface area (Å²) >= 11 is 1.32. The molecule has 0 spiro atoms. The van der Waals surface area contributed by atoms with E-state index in [2.05, 4.69) is 10.3 Å². The molecule has 2 aromatic rings. The number of aromatic nitrogens is 1. The summed E-state index contributed by atoms with van der Waals surface area (Å²) in [6, 6.07) is 4.41. The van der Waals surface area contributed by atoms with Gasteiger partial charge in [-0.2, -0.15) is 0 Å². The molecule has 0 atom stereocenters. The van der Waals surface area contributed by atoms with E-state index in [0.717, 1.165) is 11.3 Å². The van der Waals surface area contributed by atoms with Crippen molar-refractivity contribution in [2.24, 2.45) is 0 Å². The molecule has 1 aromatic carbocycles. The topological polar surface area (TPSA) is 62.2 Å². The maximum Gasteiger partial charge on any atom is 0.309 e. The van der Waals surface area contributed by atoms with E-state index >= 15 is 0 Å². The minimum atomic E-state index is -0.912. The molecule has 1 aromatic heterocycles. The van der Waals surface area contributed by atoms with Crippen molar-refractivity contribution in [2.45, 2.75) is 13.3 Å². The van der Waals surface area contributed by atoms with Crippen molar-refractivity contribution in [1.82, 2.24) is 4.98 Å². The third kappa shape index (κ3) is 3.04. The zero-order valence-electron chi connectivity index (χ0n) is 9.61. The lowest BCUT2D eigenvalue weighted by molar-refractivity contribution is -0.136. The summed E-state index contributed by atoms with van der Waals surface area (Å²) in [5, 5.41) is 14.0. The Balaban J connectivity index is 2.13. The third-order valence-electron chi connectivity index (χ3n) is 2.31. The number of nitrogens with one attached hydrogen (secondary N) is 1. The molecule has 4 nitrogen and oxygen atoms in total. The van der Waals surface area contributed by atoms with Crippen molar-refractivity contribution in [3.8, 4) is 0 Å². The number of hydrogen-bond acceptors (Lipinski definition) is 4. The molecule has 0 aliphatic carbocycles. The summed E-state index contributed by atoms with van der Waals surface area (Å²) in [7, 11) is 0. The first-order valence-electron chi connectivity index (χ1n) is 5.24. The van der Waals surface area contributed by atoms with Gasteiger partial charge in [-0.05, 0) is 30.7 Å². The first-order valence-corrected chi connectivity index (χ1v) is 6.12. The zero-order valence-corrected chi connectivity index (χ0v) is 10.4. The monoisotopic (exact) mass is 266 g/mol. The van der Waals surface area contributed by atoms with E-state index < -0.39 is 5.97 Å². The second kappa shape index (κ2) is 5.14. The van der Waals surface area contributed by atoms with Crippen LogP contribution in [-0.2, 0) is 11.2 Å². The second-order valence-electron chi connectivity index (χ2n) is 3.80. The van der Waals surface area contributed by atoms with E-state index in [4.69, 9.17) is 5.11 Å². The highest BCUT2D eigenvalue weighted by atomic mass is 32.1. The number of carboxylic acid groups (broad SMARTS) is 1. The molecule has 0 saturated carbocycles. The average molecular weight is 266 g/mol. The highest BCUT2D eigenvalue weighted by molar-refractivity contribution is 7.13. The molecule has 6 heteroatoms. The predicted octanol–water partition coefficient (Wildman–Crippen LogP) is 2.96. The average Bonchev–Trinajstić information content (AvgIpc) is 2.69. The first kappa shape index (κ1) is 12.5. The summed E-state index contributed by atoms with van der Waals surface area (Å²) in [6.07, 6.45) is -0.0966. The number of anilines is 2. The minimum absolute atomic E-state index is 0.0966. The molecule has 0 bridgehead atoms. The fourth-order valence-corrected chi connectivity index (χ4v) is 2.21. The zero-order chi connectivity index (χ0) is 13.1. The highest BCUT2D eigenvalue weighted by Gasteiger charge is 2.07. The van der Waals surface area contributed by atoms with Gasteiger partial charge in [0.25, 0.3) is 0 Å². The van der Waals surface area contributed by atoms with Crippen molar-refractivity contribution in [2.75, 3.05) is 5.32 Å². The largest absolute Gasteiger partial charge is 0.481 e. The standard InChI is InChI=1S/C12H11FN2O2S/c1-7-4-8(13)2-3-10(7)15-12-14-9(6-18-12)5-11(16)17/h2-4,6H,5H2,1H3,(H,14,15)(H,16,17). The molecule has 1 heterocycles. The predicted molar refractivity (Wildman–Crippen MR) is 67.9 cm³/mol. The molecule has 0 aliphatic rings. The molecule has 0 radical (unpaired) electrons. The van der Waals surface area contributed by atoms with Crippen molar-refractivity contribution in [3.05, 3.63) is 40.7 Å². The van der Waals surface area contributed by atoms with Gasteiger partial charge in [0, 0.05) is 11.1 Å². The Kier molecular flexibility index (Phi) is 3.57. The third-order valence-corrected chi connectivity index (χ3v) is 3.12. The number of hydrogen-bond donors (Lipinski definition) is 2. The fourth-order valence-electron chi connectivity index (χ4n) is 1.48. The number of benzene rings is 1. The lowest BCUT2D eigenvalue weighted by atomic mass is 10.2. The summed E-state index contributed by atoms with van der Waals surface area (Å²) in [5.41, 5.74) is 2.03. The van der Waals surface area contributed by atoms with Gasteiger partial charge in [-0.3, -0.25) is 4.79 Å². The van der Waals surface area contributed by atoms with Gasteiger partial charge in [-0.15, -0.1) is 11.3 Å². The summed E-state index contributed by atoms with van der Waals surface area (Å²) < 4.78 is 12.9. The van der Waals surface area contributed by atoms with Crippen LogP contribution in [0.5, 0.6) is 0 Å². The van der Waals surface area contributed by atoms with E-state index in [1.54, 1.807) is 18.4 Å². The van der Waals surface area contributed by atoms with Gasteiger partial charge < -0.3 is 10.4 Å². The summed E-state index contributed by atoms with van der Waals surface area (Å²) in [6.45, 7) is 1.79. The SMILES string of the molecule is Cc1cc(F)ccc1Nc1nc(CC(=O)O)cs1. The van der Waals surface area contributed by atoms with E-state index in [1.807, 2.05) is 0 Å². The van der Waals surface area contributed by atoms with Crippen molar-refractivity contribution >= 4 is 28.1 Å². The summed E-state index contributed by atoms with van der Waals surface area (Å²) in [5.74, 6) is -1.20. The molecule has 0 saturated heterocycles. The van der Waals surface area contributed by atoms with Crippen LogP contribution in [0.1, 0.15) is 11.3 Å². The molecular formula is C12H11FN2O2S. The first-order chi connectivity index (χ1) is 8.54. The molecule has 0 fully saturated rings. The molecule has 0 aliphatic heterocycles. The Hall–Kier alpha value is -1.95. The molecular weight excluding hydrogens is 255 g/mol. The molecule has 18 heavy (non-hydrogen) atoms. The normalized spacial score (nSPS) is 10.3. The van der Waals surface area contributed by atoms with Crippen LogP contribution >= 0.6 is 11.3 Å². The number of halogens is 1. The summed E-state index contributed by atoms with van der Waals surface area (Å²) in [4.78, 5) is 14.7. The minimum Gasteiger partial charge on any atom is -0.481 e. The van der Waals surface area contributed by atoms with E-state index in [-0.39, 0.29) is 12.2 Å². The van der Waals surface area contributed by atoms with Crippen LogP contribution in [0.15, 0.2) is 23.6 Å². The Morgan fingerprint density at radius 1 is 1.56 bits per heavy atom. The van der Waals surface area contributed by atoms with E-state index in [9.17, 15) is 9.18 Å². The van der Waals surface area contributed by atoms with Gasteiger partial charge in [0.2, 0.25) is 0 Å². The smallest absolute Gasteiger partial charge is 0.309 e. The fraction of sp³-hybridized carbons (Fsp3) is 0.167. The Morgan fingerprint density at radius 2 is 2.33 bits per heavy atom. The van der Waals surface area contributed by atoms with Crippen LogP contribution in [0, 0.1) is 12.7 Å². The number of carbonyl (C=O) groups is 1. The number of thiazole rings is 1. The Labute approximate surface area is 107 Å². The van der Waals surface area contributed by atoms with Crippen LogP contribution in [0.2, 0.25) is 0 Å². The quantitative estimate of drug-likeness (QED) is 0.893. The number of rotatable bonds is 4.